The molecule has 1 aromatic heterocycles. The van der Waals surface area contributed by atoms with Gasteiger partial charge in [0.25, 0.3) is 0 Å². The van der Waals surface area contributed by atoms with E-state index in [4.69, 9.17) is 14.7 Å². The number of nitriles is 1. The Labute approximate surface area is 159 Å². The maximum absolute atomic E-state index is 12.5. The van der Waals surface area contributed by atoms with Crippen molar-refractivity contribution in [3.63, 3.8) is 0 Å². The highest BCUT2D eigenvalue weighted by Crippen LogP contribution is 2.25. The summed E-state index contributed by atoms with van der Waals surface area (Å²) in [5.41, 5.74) is 2.22. The molecule has 2 heterocycles. The zero-order chi connectivity index (χ0) is 19.2. The standard InChI is InChI=1S/C21H23N3O3/c1-15-8-9-19(27-20-16(2)18(12-22)10-11-23-20)13-24(15)21(25)26-14-17-6-4-3-5-7-17/h3-7,10-11,15,19H,8-9,13-14H2,1-2H3. The number of amides is 1. The summed E-state index contributed by atoms with van der Waals surface area (Å²) in [6.07, 6.45) is 2.70. The Morgan fingerprint density at radius 3 is 2.81 bits per heavy atom. The first-order valence-corrected chi connectivity index (χ1v) is 9.08. The number of hydrogen-bond acceptors (Lipinski definition) is 5. The molecule has 27 heavy (non-hydrogen) atoms. The molecule has 0 aliphatic carbocycles. The molecule has 1 saturated heterocycles. The van der Waals surface area contributed by atoms with Crippen molar-refractivity contribution < 1.29 is 14.3 Å². The molecule has 0 radical (unpaired) electrons. The number of aromatic nitrogens is 1. The molecule has 0 N–H and O–H groups in total. The van der Waals surface area contributed by atoms with E-state index in [0.717, 1.165) is 24.0 Å². The lowest BCUT2D eigenvalue weighted by Gasteiger charge is -2.37. The summed E-state index contributed by atoms with van der Waals surface area (Å²) in [6, 6.07) is 13.5. The van der Waals surface area contributed by atoms with E-state index in [1.54, 1.807) is 17.2 Å². The van der Waals surface area contributed by atoms with Crippen LogP contribution >= 0.6 is 0 Å². The highest BCUT2D eigenvalue weighted by Gasteiger charge is 2.31. The summed E-state index contributed by atoms with van der Waals surface area (Å²) >= 11 is 0. The van der Waals surface area contributed by atoms with Gasteiger partial charge in [-0.3, -0.25) is 0 Å². The largest absolute Gasteiger partial charge is 0.472 e. The van der Waals surface area contributed by atoms with Crippen LogP contribution in [0.25, 0.3) is 0 Å². The smallest absolute Gasteiger partial charge is 0.410 e. The molecule has 140 valence electrons. The number of likely N-dealkylation sites (tertiary alicyclic amines) is 1. The monoisotopic (exact) mass is 365 g/mol. The van der Waals surface area contributed by atoms with Crippen molar-refractivity contribution in [2.24, 2.45) is 0 Å². The van der Waals surface area contributed by atoms with Crippen LogP contribution in [0, 0.1) is 18.3 Å². The first kappa shape index (κ1) is 18.7. The van der Waals surface area contributed by atoms with Crippen LogP contribution in [-0.4, -0.2) is 34.7 Å². The quantitative estimate of drug-likeness (QED) is 0.823. The lowest BCUT2D eigenvalue weighted by Crippen LogP contribution is -2.49. The SMILES string of the molecule is Cc1c(C#N)ccnc1OC1CCC(C)N(C(=O)OCc2ccccc2)C1. The van der Waals surface area contributed by atoms with Gasteiger partial charge in [-0.25, -0.2) is 9.78 Å². The maximum Gasteiger partial charge on any atom is 0.410 e. The molecule has 2 aromatic rings. The van der Waals surface area contributed by atoms with Crippen molar-refractivity contribution in [2.75, 3.05) is 6.54 Å². The van der Waals surface area contributed by atoms with E-state index in [-0.39, 0.29) is 24.8 Å². The van der Waals surface area contributed by atoms with Crippen LogP contribution in [0.4, 0.5) is 4.79 Å². The minimum Gasteiger partial charge on any atom is -0.472 e. The lowest BCUT2D eigenvalue weighted by atomic mass is 10.0. The Bertz CT molecular complexity index is 832. The van der Waals surface area contributed by atoms with E-state index in [0.29, 0.717) is 18.0 Å². The van der Waals surface area contributed by atoms with Crippen molar-refractivity contribution in [3.05, 3.63) is 59.3 Å². The predicted molar refractivity (Wildman–Crippen MR) is 100 cm³/mol. The van der Waals surface area contributed by atoms with Crippen LogP contribution < -0.4 is 4.74 Å². The average Bonchev–Trinajstić information content (AvgIpc) is 2.70. The number of hydrogen-bond donors (Lipinski definition) is 0. The summed E-state index contributed by atoms with van der Waals surface area (Å²) in [5, 5.41) is 9.15. The van der Waals surface area contributed by atoms with E-state index in [1.165, 1.54) is 0 Å². The van der Waals surface area contributed by atoms with E-state index in [9.17, 15) is 4.79 Å². The fourth-order valence-corrected chi connectivity index (χ4v) is 3.14. The van der Waals surface area contributed by atoms with Crippen LogP contribution in [-0.2, 0) is 11.3 Å². The van der Waals surface area contributed by atoms with Gasteiger partial charge in [0.1, 0.15) is 12.7 Å². The number of benzene rings is 1. The first-order chi connectivity index (χ1) is 13.1. The first-order valence-electron chi connectivity index (χ1n) is 9.08. The second-order valence-electron chi connectivity index (χ2n) is 6.76. The molecule has 1 aliphatic rings. The molecule has 0 saturated carbocycles. The van der Waals surface area contributed by atoms with Crippen molar-refractivity contribution in [1.29, 1.82) is 5.26 Å². The molecule has 6 heteroatoms. The predicted octanol–water partition coefficient (Wildman–Crippen LogP) is 3.83. The zero-order valence-corrected chi connectivity index (χ0v) is 15.6. The van der Waals surface area contributed by atoms with Gasteiger partial charge >= 0.3 is 6.09 Å². The summed E-state index contributed by atoms with van der Waals surface area (Å²) < 4.78 is 11.5. The summed E-state index contributed by atoms with van der Waals surface area (Å²) in [4.78, 5) is 18.5. The highest BCUT2D eigenvalue weighted by atomic mass is 16.6. The topological polar surface area (TPSA) is 75.5 Å². The number of piperidine rings is 1. The maximum atomic E-state index is 12.5. The number of ether oxygens (including phenoxy) is 2. The molecule has 0 spiro atoms. The second kappa shape index (κ2) is 8.54. The van der Waals surface area contributed by atoms with Crippen LogP contribution in [0.15, 0.2) is 42.6 Å². The minimum absolute atomic E-state index is 0.0904. The van der Waals surface area contributed by atoms with Crippen molar-refractivity contribution in [1.82, 2.24) is 9.88 Å². The van der Waals surface area contributed by atoms with E-state index >= 15 is 0 Å². The van der Waals surface area contributed by atoms with Crippen LogP contribution in [0.3, 0.4) is 0 Å². The Hall–Kier alpha value is -3.07. The number of carbonyl (C=O) groups excluding carboxylic acids is 1. The molecule has 2 atom stereocenters. The van der Waals surface area contributed by atoms with E-state index in [2.05, 4.69) is 11.1 Å². The number of pyridine rings is 1. The van der Waals surface area contributed by atoms with Crippen molar-refractivity contribution in [3.8, 4) is 11.9 Å². The fraction of sp³-hybridized carbons (Fsp3) is 0.381. The molecule has 6 nitrogen and oxygen atoms in total. The van der Waals surface area contributed by atoms with Gasteiger partial charge in [-0.15, -0.1) is 0 Å². The summed E-state index contributed by atoms with van der Waals surface area (Å²) in [5.74, 6) is 0.450. The van der Waals surface area contributed by atoms with E-state index < -0.39 is 0 Å². The lowest BCUT2D eigenvalue weighted by molar-refractivity contribution is 0.0322. The van der Waals surface area contributed by atoms with Gasteiger partial charge in [-0.05, 0) is 38.3 Å². The number of carbonyl (C=O) groups is 1. The van der Waals surface area contributed by atoms with Gasteiger partial charge in [-0.2, -0.15) is 5.26 Å². The van der Waals surface area contributed by atoms with Gasteiger partial charge in [-0.1, -0.05) is 30.3 Å². The van der Waals surface area contributed by atoms with Gasteiger partial charge in [0, 0.05) is 17.8 Å². The fourth-order valence-electron chi connectivity index (χ4n) is 3.14. The molecular weight excluding hydrogens is 342 g/mol. The van der Waals surface area contributed by atoms with Gasteiger partial charge in [0.2, 0.25) is 5.88 Å². The third kappa shape index (κ3) is 4.56. The second-order valence-corrected chi connectivity index (χ2v) is 6.76. The molecule has 1 fully saturated rings. The third-order valence-electron chi connectivity index (χ3n) is 4.83. The Kier molecular flexibility index (Phi) is 5.92. The molecule has 0 bridgehead atoms. The van der Waals surface area contributed by atoms with Gasteiger partial charge in [0.05, 0.1) is 18.2 Å². The Morgan fingerprint density at radius 2 is 2.07 bits per heavy atom. The number of nitrogens with zero attached hydrogens (tertiary/aromatic N) is 3. The number of rotatable bonds is 4. The molecule has 2 unspecified atom stereocenters. The normalized spacial score (nSPS) is 19.2. The molecule has 1 amide bonds. The Morgan fingerprint density at radius 1 is 1.30 bits per heavy atom. The molecular formula is C21H23N3O3. The van der Waals surface area contributed by atoms with Crippen molar-refractivity contribution >= 4 is 6.09 Å². The Balaban J connectivity index is 1.62. The third-order valence-corrected chi connectivity index (χ3v) is 4.83. The molecule has 3 rings (SSSR count). The molecule has 1 aliphatic heterocycles. The van der Waals surface area contributed by atoms with Crippen LogP contribution in [0.1, 0.15) is 36.5 Å². The summed E-state index contributed by atoms with van der Waals surface area (Å²) in [7, 11) is 0. The average molecular weight is 365 g/mol. The zero-order valence-electron chi connectivity index (χ0n) is 15.6. The van der Waals surface area contributed by atoms with Crippen LogP contribution in [0.5, 0.6) is 5.88 Å². The summed E-state index contributed by atoms with van der Waals surface area (Å²) in [6.45, 7) is 4.52. The van der Waals surface area contributed by atoms with Crippen LogP contribution in [0.2, 0.25) is 0 Å². The van der Waals surface area contributed by atoms with Gasteiger partial charge < -0.3 is 14.4 Å². The van der Waals surface area contributed by atoms with Gasteiger partial charge in [0.15, 0.2) is 0 Å². The van der Waals surface area contributed by atoms with E-state index in [1.807, 2.05) is 44.2 Å². The van der Waals surface area contributed by atoms with Crippen molar-refractivity contribution in [2.45, 2.75) is 45.4 Å². The highest BCUT2D eigenvalue weighted by molar-refractivity contribution is 5.68. The molecule has 1 aromatic carbocycles. The minimum atomic E-state index is -0.338.